The van der Waals surface area contributed by atoms with E-state index in [2.05, 4.69) is 23.5 Å². The number of rotatable bonds is 9. The van der Waals surface area contributed by atoms with Crippen LogP contribution in [-0.4, -0.2) is 6.61 Å². The Hall–Kier alpha value is -2.49. The molecule has 3 nitrogen and oxygen atoms in total. The number of para-hydroxylation sites is 1. The summed E-state index contributed by atoms with van der Waals surface area (Å²) in [6.45, 7) is 4.43. The van der Waals surface area contributed by atoms with E-state index < -0.39 is 0 Å². The first-order chi connectivity index (χ1) is 13.3. The molecule has 3 rings (SSSR count). The second kappa shape index (κ2) is 10.0. The molecular formula is C23H24ClNO2. The Labute approximate surface area is 165 Å². The molecule has 0 aromatic heterocycles. The molecule has 0 unspecified atom stereocenters. The zero-order valence-electron chi connectivity index (χ0n) is 15.5. The lowest BCUT2D eigenvalue weighted by Crippen LogP contribution is -2.14. The first-order valence-electron chi connectivity index (χ1n) is 9.13. The predicted molar refractivity (Wildman–Crippen MR) is 110 cm³/mol. The average Bonchev–Trinajstić information content (AvgIpc) is 2.70. The molecule has 4 heteroatoms. The fourth-order valence-electron chi connectivity index (χ4n) is 2.84. The van der Waals surface area contributed by atoms with Gasteiger partial charge in [-0.1, -0.05) is 72.3 Å². The number of benzene rings is 3. The maximum absolute atomic E-state index is 6.24. The minimum atomic E-state index is 0.502. The lowest BCUT2D eigenvalue weighted by molar-refractivity contribution is 0.266. The van der Waals surface area contributed by atoms with Gasteiger partial charge in [0.15, 0.2) is 11.5 Å². The SMILES string of the molecule is CCOc1cccc(CNCc2ccccc2Cl)c1OCc1ccccc1. The molecule has 0 bridgehead atoms. The Morgan fingerprint density at radius 2 is 1.48 bits per heavy atom. The molecule has 140 valence electrons. The molecule has 0 fully saturated rings. The van der Waals surface area contributed by atoms with Gasteiger partial charge in [-0.3, -0.25) is 0 Å². The van der Waals surface area contributed by atoms with E-state index in [1.165, 1.54) is 0 Å². The van der Waals surface area contributed by atoms with Crippen LogP contribution in [0.3, 0.4) is 0 Å². The highest BCUT2D eigenvalue weighted by atomic mass is 35.5. The second-order valence-electron chi connectivity index (χ2n) is 6.15. The Morgan fingerprint density at radius 1 is 0.778 bits per heavy atom. The Bertz CT molecular complexity index is 852. The summed E-state index contributed by atoms with van der Waals surface area (Å²) in [5, 5.41) is 4.22. The third-order valence-electron chi connectivity index (χ3n) is 4.18. The van der Waals surface area contributed by atoms with Gasteiger partial charge < -0.3 is 14.8 Å². The highest BCUT2D eigenvalue weighted by Crippen LogP contribution is 2.32. The third-order valence-corrected chi connectivity index (χ3v) is 4.54. The van der Waals surface area contributed by atoms with Gasteiger partial charge in [-0.05, 0) is 30.2 Å². The minimum Gasteiger partial charge on any atom is -0.490 e. The van der Waals surface area contributed by atoms with Crippen LogP contribution in [0.5, 0.6) is 11.5 Å². The standard InChI is InChI=1S/C23H24ClNO2/c1-2-26-22-14-8-12-20(16-25-15-19-11-6-7-13-21(19)24)23(22)27-17-18-9-4-3-5-10-18/h3-14,25H,2,15-17H2,1H3. The molecule has 1 N–H and O–H groups in total. The molecule has 0 saturated carbocycles. The van der Waals surface area contributed by atoms with Crippen LogP contribution in [0.25, 0.3) is 0 Å². The molecule has 0 amide bonds. The topological polar surface area (TPSA) is 30.5 Å². The number of halogens is 1. The van der Waals surface area contributed by atoms with Crippen molar-refractivity contribution < 1.29 is 9.47 Å². The third kappa shape index (κ3) is 5.49. The summed E-state index contributed by atoms with van der Waals surface area (Å²) in [6, 6.07) is 24.0. The lowest BCUT2D eigenvalue weighted by Gasteiger charge is -2.17. The van der Waals surface area contributed by atoms with E-state index in [-0.39, 0.29) is 0 Å². The predicted octanol–water partition coefficient (Wildman–Crippen LogP) is 5.61. The van der Waals surface area contributed by atoms with Gasteiger partial charge >= 0.3 is 0 Å². The zero-order valence-corrected chi connectivity index (χ0v) is 16.2. The number of ether oxygens (including phenoxy) is 2. The zero-order chi connectivity index (χ0) is 18.9. The molecular weight excluding hydrogens is 358 g/mol. The molecule has 0 aliphatic rings. The summed E-state index contributed by atoms with van der Waals surface area (Å²) < 4.78 is 11.9. The van der Waals surface area contributed by atoms with Crippen molar-refractivity contribution in [1.82, 2.24) is 5.32 Å². The van der Waals surface area contributed by atoms with Gasteiger partial charge in [-0.25, -0.2) is 0 Å². The van der Waals surface area contributed by atoms with Crippen molar-refractivity contribution in [3.8, 4) is 11.5 Å². The maximum atomic E-state index is 6.24. The molecule has 0 aliphatic carbocycles. The molecule has 0 spiro atoms. The van der Waals surface area contributed by atoms with Crippen LogP contribution in [0, 0.1) is 0 Å². The first kappa shape index (κ1) is 19.3. The quantitative estimate of drug-likeness (QED) is 0.522. The van der Waals surface area contributed by atoms with Crippen molar-refractivity contribution in [2.45, 2.75) is 26.6 Å². The van der Waals surface area contributed by atoms with E-state index in [9.17, 15) is 0 Å². The maximum Gasteiger partial charge on any atom is 0.166 e. The molecule has 0 aliphatic heterocycles. The van der Waals surface area contributed by atoms with Crippen LogP contribution in [0.15, 0.2) is 72.8 Å². The van der Waals surface area contributed by atoms with Crippen LogP contribution < -0.4 is 14.8 Å². The summed E-state index contributed by atoms with van der Waals surface area (Å²) in [5.74, 6) is 1.56. The molecule has 3 aromatic carbocycles. The number of hydrogen-bond donors (Lipinski definition) is 1. The smallest absolute Gasteiger partial charge is 0.166 e. The Balaban J connectivity index is 1.71. The van der Waals surface area contributed by atoms with Crippen LogP contribution in [0.2, 0.25) is 5.02 Å². The van der Waals surface area contributed by atoms with Gasteiger partial charge in [-0.2, -0.15) is 0 Å². The molecule has 0 radical (unpaired) electrons. The summed E-state index contributed by atoms with van der Waals surface area (Å²) >= 11 is 6.24. The van der Waals surface area contributed by atoms with Gasteiger partial charge in [0.05, 0.1) is 6.61 Å². The monoisotopic (exact) mass is 381 g/mol. The first-order valence-corrected chi connectivity index (χ1v) is 9.51. The largest absolute Gasteiger partial charge is 0.490 e. The van der Waals surface area contributed by atoms with Gasteiger partial charge in [-0.15, -0.1) is 0 Å². The molecule has 3 aromatic rings. The van der Waals surface area contributed by atoms with E-state index in [1.807, 2.05) is 61.5 Å². The van der Waals surface area contributed by atoms with Crippen molar-refractivity contribution in [2.24, 2.45) is 0 Å². The van der Waals surface area contributed by atoms with Gasteiger partial charge in [0.2, 0.25) is 0 Å². The minimum absolute atomic E-state index is 0.502. The number of hydrogen-bond acceptors (Lipinski definition) is 3. The van der Waals surface area contributed by atoms with E-state index in [0.717, 1.165) is 33.2 Å². The summed E-state index contributed by atoms with van der Waals surface area (Å²) in [6.07, 6.45) is 0. The fourth-order valence-corrected chi connectivity index (χ4v) is 3.04. The lowest BCUT2D eigenvalue weighted by atomic mass is 10.1. The van der Waals surface area contributed by atoms with Crippen molar-refractivity contribution in [2.75, 3.05) is 6.61 Å². The average molecular weight is 382 g/mol. The van der Waals surface area contributed by atoms with E-state index >= 15 is 0 Å². The summed E-state index contributed by atoms with van der Waals surface area (Å²) in [5.41, 5.74) is 3.26. The van der Waals surface area contributed by atoms with Gasteiger partial charge in [0, 0.05) is 23.7 Å². The van der Waals surface area contributed by atoms with E-state index in [4.69, 9.17) is 21.1 Å². The van der Waals surface area contributed by atoms with Crippen LogP contribution in [0.4, 0.5) is 0 Å². The Kier molecular flexibility index (Phi) is 7.14. The second-order valence-corrected chi connectivity index (χ2v) is 6.55. The summed E-state index contributed by atoms with van der Waals surface area (Å²) in [7, 11) is 0. The normalized spacial score (nSPS) is 10.6. The fraction of sp³-hybridized carbons (Fsp3) is 0.217. The molecule has 27 heavy (non-hydrogen) atoms. The molecule has 0 atom stereocenters. The van der Waals surface area contributed by atoms with Gasteiger partial charge in [0.1, 0.15) is 6.61 Å². The van der Waals surface area contributed by atoms with E-state index in [1.54, 1.807) is 0 Å². The summed E-state index contributed by atoms with van der Waals surface area (Å²) in [4.78, 5) is 0. The Morgan fingerprint density at radius 3 is 2.26 bits per heavy atom. The van der Waals surface area contributed by atoms with Crippen molar-refractivity contribution in [3.05, 3.63) is 94.5 Å². The highest BCUT2D eigenvalue weighted by molar-refractivity contribution is 6.31. The van der Waals surface area contributed by atoms with Crippen LogP contribution in [0.1, 0.15) is 23.6 Å². The van der Waals surface area contributed by atoms with Crippen molar-refractivity contribution >= 4 is 11.6 Å². The number of nitrogens with one attached hydrogen (secondary N) is 1. The van der Waals surface area contributed by atoms with Crippen LogP contribution in [-0.2, 0) is 19.7 Å². The van der Waals surface area contributed by atoms with Gasteiger partial charge in [0.25, 0.3) is 0 Å². The van der Waals surface area contributed by atoms with Crippen molar-refractivity contribution in [3.63, 3.8) is 0 Å². The van der Waals surface area contributed by atoms with Crippen molar-refractivity contribution in [1.29, 1.82) is 0 Å². The molecule has 0 heterocycles. The highest BCUT2D eigenvalue weighted by Gasteiger charge is 2.11. The molecule has 0 saturated heterocycles. The van der Waals surface area contributed by atoms with E-state index in [0.29, 0.717) is 26.3 Å². The van der Waals surface area contributed by atoms with Crippen LogP contribution >= 0.6 is 11.6 Å².